The summed E-state index contributed by atoms with van der Waals surface area (Å²) in [6.07, 6.45) is 6.35. The van der Waals surface area contributed by atoms with E-state index in [1.54, 1.807) is 39.0 Å². The number of esters is 2. The minimum atomic E-state index is -0.592. The standard InChI is InChI=1S/C13H17NO4/c1-13(2,3)18-12(16)10-8-6-5-7-9(14-10)11(15)17-4/h5-8,14H,1-4H3. The van der Waals surface area contributed by atoms with Crippen LogP contribution in [0.25, 0.3) is 0 Å². The van der Waals surface area contributed by atoms with Gasteiger partial charge in [-0.05, 0) is 32.9 Å². The molecule has 0 aromatic rings. The van der Waals surface area contributed by atoms with E-state index in [1.807, 2.05) is 0 Å². The molecule has 0 spiro atoms. The van der Waals surface area contributed by atoms with Crippen LogP contribution in [0.15, 0.2) is 35.7 Å². The van der Waals surface area contributed by atoms with Gasteiger partial charge < -0.3 is 14.8 Å². The van der Waals surface area contributed by atoms with Crippen LogP contribution in [0, 0.1) is 0 Å². The fraction of sp³-hybridized carbons (Fsp3) is 0.385. The third-order valence-electron chi connectivity index (χ3n) is 1.93. The van der Waals surface area contributed by atoms with Gasteiger partial charge in [-0.1, -0.05) is 12.2 Å². The van der Waals surface area contributed by atoms with Gasteiger partial charge in [0.2, 0.25) is 0 Å². The molecule has 0 atom stereocenters. The van der Waals surface area contributed by atoms with Crippen molar-refractivity contribution in [3.8, 4) is 0 Å². The molecule has 1 heterocycles. The van der Waals surface area contributed by atoms with Gasteiger partial charge in [-0.3, -0.25) is 0 Å². The maximum atomic E-state index is 11.9. The SMILES string of the molecule is COC(=O)C1=CC=CC=C(C(=O)OC(C)(C)C)N1. The van der Waals surface area contributed by atoms with Gasteiger partial charge in [0.05, 0.1) is 7.11 Å². The van der Waals surface area contributed by atoms with Crippen molar-refractivity contribution in [2.75, 3.05) is 7.11 Å². The first-order chi connectivity index (χ1) is 8.33. The Morgan fingerprint density at radius 2 is 1.56 bits per heavy atom. The average Bonchev–Trinajstić information content (AvgIpc) is 2.51. The number of hydrogen-bond acceptors (Lipinski definition) is 5. The second-order valence-corrected chi connectivity index (χ2v) is 4.66. The summed E-state index contributed by atoms with van der Waals surface area (Å²) in [5.74, 6) is -1.07. The normalized spacial score (nSPS) is 14.9. The van der Waals surface area contributed by atoms with Crippen molar-refractivity contribution < 1.29 is 19.1 Å². The zero-order valence-corrected chi connectivity index (χ0v) is 10.9. The van der Waals surface area contributed by atoms with E-state index in [0.29, 0.717) is 0 Å². The number of methoxy groups -OCH3 is 1. The lowest BCUT2D eigenvalue weighted by molar-refractivity contribution is -0.150. The van der Waals surface area contributed by atoms with Gasteiger partial charge in [0.25, 0.3) is 0 Å². The number of rotatable bonds is 2. The summed E-state index contributed by atoms with van der Waals surface area (Å²) in [7, 11) is 1.27. The lowest BCUT2D eigenvalue weighted by Gasteiger charge is -2.21. The summed E-state index contributed by atoms with van der Waals surface area (Å²) in [6.45, 7) is 5.32. The molecule has 1 aliphatic heterocycles. The second-order valence-electron chi connectivity index (χ2n) is 4.66. The topological polar surface area (TPSA) is 64.6 Å². The van der Waals surface area contributed by atoms with Crippen molar-refractivity contribution in [2.24, 2.45) is 0 Å². The minimum Gasteiger partial charge on any atom is -0.464 e. The molecule has 0 unspecified atom stereocenters. The fourth-order valence-electron chi connectivity index (χ4n) is 1.21. The zero-order valence-electron chi connectivity index (χ0n) is 10.9. The molecule has 5 heteroatoms. The molecule has 0 saturated heterocycles. The van der Waals surface area contributed by atoms with Crippen LogP contribution < -0.4 is 5.32 Å². The summed E-state index contributed by atoms with van der Waals surface area (Å²) in [5.41, 5.74) is -0.219. The van der Waals surface area contributed by atoms with E-state index in [1.165, 1.54) is 13.2 Å². The van der Waals surface area contributed by atoms with Crippen molar-refractivity contribution in [3.63, 3.8) is 0 Å². The van der Waals surface area contributed by atoms with Gasteiger partial charge in [0.1, 0.15) is 17.0 Å². The molecule has 0 aliphatic carbocycles. The van der Waals surface area contributed by atoms with Crippen LogP contribution in [0.3, 0.4) is 0 Å². The smallest absolute Gasteiger partial charge is 0.355 e. The summed E-state index contributed by atoms with van der Waals surface area (Å²) in [6, 6.07) is 0. The molecule has 0 bridgehead atoms. The molecule has 0 fully saturated rings. The number of nitrogens with one attached hydrogen (secondary N) is 1. The maximum Gasteiger partial charge on any atom is 0.355 e. The number of allylic oxidation sites excluding steroid dienone is 4. The monoisotopic (exact) mass is 251 g/mol. The molecule has 0 radical (unpaired) electrons. The molecule has 1 aliphatic rings. The number of hydrogen-bond donors (Lipinski definition) is 1. The largest absolute Gasteiger partial charge is 0.464 e. The first-order valence-corrected chi connectivity index (χ1v) is 5.51. The van der Waals surface area contributed by atoms with E-state index in [9.17, 15) is 9.59 Å². The molecule has 98 valence electrons. The van der Waals surface area contributed by atoms with Crippen molar-refractivity contribution in [1.29, 1.82) is 0 Å². The molecule has 0 aromatic carbocycles. The van der Waals surface area contributed by atoms with E-state index >= 15 is 0 Å². The van der Waals surface area contributed by atoms with Gasteiger partial charge in [-0.15, -0.1) is 0 Å². The van der Waals surface area contributed by atoms with Crippen molar-refractivity contribution >= 4 is 11.9 Å². The molecule has 5 nitrogen and oxygen atoms in total. The average molecular weight is 251 g/mol. The summed E-state index contributed by atoms with van der Waals surface area (Å²) in [5, 5.41) is 2.70. The molecule has 1 N–H and O–H groups in total. The van der Waals surface area contributed by atoms with Gasteiger partial charge in [-0.25, -0.2) is 9.59 Å². The first-order valence-electron chi connectivity index (χ1n) is 5.51. The minimum absolute atomic E-state index is 0.184. The van der Waals surface area contributed by atoms with Crippen molar-refractivity contribution in [2.45, 2.75) is 26.4 Å². The molecule has 0 aromatic heterocycles. The Kier molecular flexibility index (Phi) is 4.31. The number of carbonyl (C=O) groups excluding carboxylic acids is 2. The highest BCUT2D eigenvalue weighted by Crippen LogP contribution is 2.12. The summed E-state index contributed by atoms with van der Waals surface area (Å²) < 4.78 is 9.80. The van der Waals surface area contributed by atoms with Crippen molar-refractivity contribution in [3.05, 3.63) is 35.7 Å². The van der Waals surface area contributed by atoms with Crippen LogP contribution >= 0.6 is 0 Å². The quantitative estimate of drug-likeness (QED) is 0.752. The van der Waals surface area contributed by atoms with Crippen LogP contribution in [-0.2, 0) is 19.1 Å². The van der Waals surface area contributed by atoms with E-state index in [-0.39, 0.29) is 11.4 Å². The van der Waals surface area contributed by atoms with Gasteiger partial charge in [0.15, 0.2) is 0 Å². The zero-order chi connectivity index (χ0) is 13.8. The summed E-state index contributed by atoms with van der Waals surface area (Å²) in [4.78, 5) is 23.3. The van der Waals surface area contributed by atoms with E-state index < -0.39 is 17.5 Å². The first kappa shape index (κ1) is 14.0. The Bertz CT molecular complexity index is 438. The van der Waals surface area contributed by atoms with Crippen LogP contribution in [0.4, 0.5) is 0 Å². The Balaban J connectivity index is 2.83. The second kappa shape index (κ2) is 5.53. The predicted molar refractivity (Wildman–Crippen MR) is 66.3 cm³/mol. The Labute approximate surface area is 106 Å². The molecule has 1 rings (SSSR count). The Hall–Kier alpha value is -2.04. The highest BCUT2D eigenvalue weighted by molar-refractivity contribution is 5.94. The third kappa shape index (κ3) is 4.08. The van der Waals surface area contributed by atoms with E-state index in [2.05, 4.69) is 10.1 Å². The van der Waals surface area contributed by atoms with Gasteiger partial charge >= 0.3 is 11.9 Å². The molecular weight excluding hydrogens is 234 g/mol. The predicted octanol–water partition coefficient (Wildman–Crippen LogP) is 1.43. The Morgan fingerprint density at radius 1 is 1.06 bits per heavy atom. The Morgan fingerprint density at radius 3 is 2.00 bits per heavy atom. The van der Waals surface area contributed by atoms with Crippen LogP contribution in [-0.4, -0.2) is 24.6 Å². The lowest BCUT2D eigenvalue weighted by atomic mass is 10.2. The van der Waals surface area contributed by atoms with Crippen molar-refractivity contribution in [1.82, 2.24) is 5.32 Å². The lowest BCUT2D eigenvalue weighted by Crippen LogP contribution is -2.31. The van der Waals surface area contributed by atoms with Gasteiger partial charge in [0, 0.05) is 0 Å². The molecule has 0 amide bonds. The maximum absolute atomic E-state index is 11.9. The third-order valence-corrected chi connectivity index (χ3v) is 1.93. The van der Waals surface area contributed by atoms with Crippen LogP contribution in [0.5, 0.6) is 0 Å². The van der Waals surface area contributed by atoms with Crippen LogP contribution in [0.2, 0.25) is 0 Å². The highest BCUT2D eigenvalue weighted by Gasteiger charge is 2.22. The summed E-state index contributed by atoms with van der Waals surface area (Å²) >= 11 is 0. The number of ether oxygens (including phenoxy) is 2. The molecular formula is C13H17NO4. The molecule has 0 saturated carbocycles. The van der Waals surface area contributed by atoms with E-state index in [0.717, 1.165) is 0 Å². The number of carbonyl (C=O) groups is 2. The highest BCUT2D eigenvalue weighted by atomic mass is 16.6. The molecule has 18 heavy (non-hydrogen) atoms. The van der Waals surface area contributed by atoms with Gasteiger partial charge in [-0.2, -0.15) is 0 Å². The fourth-order valence-corrected chi connectivity index (χ4v) is 1.21. The van der Waals surface area contributed by atoms with E-state index in [4.69, 9.17) is 4.74 Å². The van der Waals surface area contributed by atoms with Crippen LogP contribution in [0.1, 0.15) is 20.8 Å².